The summed E-state index contributed by atoms with van der Waals surface area (Å²) in [5.74, 6) is 1.42. The van der Waals surface area contributed by atoms with Crippen LogP contribution in [-0.4, -0.2) is 92.6 Å². The van der Waals surface area contributed by atoms with Crippen molar-refractivity contribution < 1.29 is 24.8 Å². The lowest BCUT2D eigenvalue weighted by Crippen LogP contribution is -2.73. The molecular weight excluding hydrogens is 616 g/mol. The molecule has 9 heteroatoms. The molecule has 2 aromatic carbocycles. The van der Waals surface area contributed by atoms with Gasteiger partial charge in [0.1, 0.15) is 5.71 Å². The lowest BCUT2D eigenvalue weighted by Gasteiger charge is -2.59. The molecular formula is C40H48N4O5. The van der Waals surface area contributed by atoms with Gasteiger partial charge in [0.15, 0.2) is 35.2 Å². The lowest BCUT2D eigenvalue weighted by molar-refractivity contribution is -0.142. The summed E-state index contributed by atoms with van der Waals surface area (Å²) in [6, 6.07) is 7.60. The topological polar surface area (TPSA) is 110 Å². The van der Waals surface area contributed by atoms with E-state index in [1.54, 1.807) is 18.2 Å². The standard InChI is InChI=1S/C40H48N4O5/c1-7-17-43-19-15-39-23(5)28(43)21-24-11-13-29(45)34(32(24)39)48-36(39)26(9-3)41-42-27(10-4)37-40-16-20-44(18-8-2)31(38(40,6)47)22-25-12-14-30(46)35(49-37)33(25)40/h7-9,11-14,23,28,31,36-37,45-47H,1-3,10,15-22H2,4-6H3/b41-26+,42-27+/t23-,28+,31?,36-,37-,38+,39-,40-/m0/s1. The molecule has 3 N–H and O–H groups in total. The van der Waals surface area contributed by atoms with E-state index in [9.17, 15) is 15.3 Å². The van der Waals surface area contributed by atoms with Gasteiger partial charge < -0.3 is 24.8 Å². The van der Waals surface area contributed by atoms with Crippen LogP contribution in [0.5, 0.6) is 23.0 Å². The van der Waals surface area contributed by atoms with Crippen molar-refractivity contribution in [3.05, 3.63) is 84.5 Å². The van der Waals surface area contributed by atoms with Crippen molar-refractivity contribution in [1.82, 2.24) is 9.80 Å². The van der Waals surface area contributed by atoms with Crippen LogP contribution in [0, 0.1) is 5.92 Å². The molecule has 4 aliphatic heterocycles. The molecule has 0 radical (unpaired) electrons. The Bertz CT molecular complexity index is 1820. The van der Waals surface area contributed by atoms with Gasteiger partial charge in [0.25, 0.3) is 0 Å². The highest BCUT2D eigenvalue weighted by atomic mass is 16.5. The molecule has 0 amide bonds. The Kier molecular flexibility index (Phi) is 7.45. The number of benzene rings is 2. The minimum atomic E-state index is -1.18. The SMILES string of the molecule is C=CCN1CC[C@]23c4c(ccc(O)c4O[C@H]2/C(CC)=N/N=C(\C=C)[C@@H]2Oc4c(O)ccc5c4[C@@]24CCN(CC=C)[C@H](C5)[C@@H]4C)CC1[C@@]3(C)O. The molecule has 0 aromatic heterocycles. The van der Waals surface area contributed by atoms with Gasteiger partial charge in [-0.2, -0.15) is 10.2 Å². The van der Waals surface area contributed by atoms with E-state index in [0.717, 1.165) is 49.2 Å². The summed E-state index contributed by atoms with van der Waals surface area (Å²) in [4.78, 5) is 4.81. The number of ether oxygens (including phenoxy) is 2. The van der Waals surface area contributed by atoms with Gasteiger partial charge in [-0.05, 0) is 80.8 Å². The zero-order valence-corrected chi connectivity index (χ0v) is 28.9. The Hall–Kier alpha value is -3.92. The van der Waals surface area contributed by atoms with Crippen LogP contribution in [0.25, 0.3) is 0 Å². The average Bonchev–Trinajstić information content (AvgIpc) is 3.61. The third-order valence-electron chi connectivity index (χ3n) is 13.2. The molecule has 4 heterocycles. The Morgan fingerprint density at radius 3 is 2.20 bits per heavy atom. The number of hydrogen-bond acceptors (Lipinski definition) is 9. The molecule has 2 saturated heterocycles. The largest absolute Gasteiger partial charge is 0.504 e. The van der Waals surface area contributed by atoms with Gasteiger partial charge >= 0.3 is 0 Å². The maximum absolute atomic E-state index is 12.6. The van der Waals surface area contributed by atoms with E-state index in [1.807, 2.05) is 38.1 Å². The van der Waals surface area contributed by atoms with Crippen molar-refractivity contribution in [3.8, 4) is 23.0 Å². The molecule has 1 unspecified atom stereocenters. The van der Waals surface area contributed by atoms with Crippen molar-refractivity contribution >= 4 is 11.4 Å². The van der Waals surface area contributed by atoms with Crippen LogP contribution >= 0.6 is 0 Å². The molecule has 2 aromatic rings. The number of aliphatic hydroxyl groups is 1. The van der Waals surface area contributed by atoms with Crippen LogP contribution in [0.1, 0.15) is 62.3 Å². The summed E-state index contributed by atoms with van der Waals surface area (Å²) in [5.41, 5.74) is 3.17. The first-order valence-corrected chi connectivity index (χ1v) is 17.8. The fourth-order valence-electron chi connectivity index (χ4n) is 10.9. The molecule has 49 heavy (non-hydrogen) atoms. The number of fused-ring (bicyclic) bond motifs is 2. The zero-order valence-electron chi connectivity index (χ0n) is 28.9. The highest BCUT2D eigenvalue weighted by molar-refractivity contribution is 6.02. The van der Waals surface area contributed by atoms with E-state index >= 15 is 0 Å². The first-order valence-electron chi connectivity index (χ1n) is 17.8. The second-order valence-electron chi connectivity index (χ2n) is 15.1. The van der Waals surface area contributed by atoms with Gasteiger partial charge in [0.05, 0.1) is 16.7 Å². The minimum absolute atomic E-state index is 0.0737. The van der Waals surface area contributed by atoms with Crippen molar-refractivity contribution in [3.63, 3.8) is 0 Å². The molecule has 258 valence electrons. The van der Waals surface area contributed by atoms with E-state index in [-0.39, 0.29) is 23.5 Å². The van der Waals surface area contributed by atoms with Gasteiger partial charge in [-0.25, -0.2) is 0 Å². The average molecular weight is 665 g/mol. The first-order chi connectivity index (χ1) is 23.6. The summed E-state index contributed by atoms with van der Waals surface area (Å²) >= 11 is 0. The highest BCUT2D eigenvalue weighted by Crippen LogP contribution is 2.63. The Morgan fingerprint density at radius 1 is 0.898 bits per heavy atom. The Labute approximate surface area is 288 Å². The number of rotatable bonds is 9. The molecule has 6 aliphatic rings. The zero-order chi connectivity index (χ0) is 34.5. The normalized spacial score (nSPS) is 36.0. The minimum Gasteiger partial charge on any atom is -0.504 e. The van der Waals surface area contributed by atoms with Gasteiger partial charge in [-0.1, -0.05) is 44.7 Å². The van der Waals surface area contributed by atoms with E-state index in [1.165, 1.54) is 5.56 Å². The number of nitrogens with zero attached hydrogens (tertiary/aromatic N) is 4. The van der Waals surface area contributed by atoms with Crippen LogP contribution in [0.15, 0.2) is 72.4 Å². The van der Waals surface area contributed by atoms with Crippen LogP contribution in [0.2, 0.25) is 0 Å². The van der Waals surface area contributed by atoms with E-state index in [2.05, 4.69) is 36.5 Å². The van der Waals surface area contributed by atoms with Crippen molar-refractivity contribution in [1.29, 1.82) is 0 Å². The smallest absolute Gasteiger partial charge is 0.166 e. The molecule has 8 rings (SSSR count). The van der Waals surface area contributed by atoms with E-state index < -0.39 is 28.6 Å². The molecule has 2 aliphatic carbocycles. The van der Waals surface area contributed by atoms with Crippen LogP contribution in [0.4, 0.5) is 0 Å². The fraction of sp³-hybridized carbons (Fsp3) is 0.500. The maximum Gasteiger partial charge on any atom is 0.166 e. The van der Waals surface area contributed by atoms with Crippen molar-refractivity contribution in [2.75, 3.05) is 26.2 Å². The first kappa shape index (κ1) is 32.3. The highest BCUT2D eigenvalue weighted by Gasteiger charge is 2.69. The number of phenols is 2. The molecule has 2 fully saturated rings. The maximum atomic E-state index is 12.6. The van der Waals surface area contributed by atoms with Gasteiger partial charge in [-0.3, -0.25) is 9.80 Å². The van der Waals surface area contributed by atoms with Crippen LogP contribution in [0.3, 0.4) is 0 Å². The van der Waals surface area contributed by atoms with Crippen LogP contribution < -0.4 is 9.47 Å². The Balaban J connectivity index is 1.22. The quantitative estimate of drug-likeness (QED) is 0.192. The Morgan fingerprint density at radius 2 is 1.53 bits per heavy atom. The van der Waals surface area contributed by atoms with Gasteiger partial charge in [-0.15, -0.1) is 13.2 Å². The third-order valence-corrected chi connectivity index (χ3v) is 13.2. The molecule has 9 nitrogen and oxygen atoms in total. The molecule has 8 atom stereocenters. The second kappa shape index (κ2) is 11.3. The molecule has 4 bridgehead atoms. The van der Waals surface area contributed by atoms with E-state index in [0.29, 0.717) is 54.8 Å². The molecule has 0 saturated carbocycles. The van der Waals surface area contributed by atoms with Crippen molar-refractivity contribution in [2.45, 2.75) is 93.6 Å². The number of aromatic hydroxyl groups is 2. The monoisotopic (exact) mass is 664 g/mol. The summed E-state index contributed by atoms with van der Waals surface area (Å²) < 4.78 is 13.4. The van der Waals surface area contributed by atoms with Gasteiger partial charge in [0, 0.05) is 48.3 Å². The summed E-state index contributed by atoms with van der Waals surface area (Å²) in [6.45, 7) is 21.5. The van der Waals surface area contributed by atoms with E-state index in [4.69, 9.17) is 19.7 Å². The number of piperidine rings is 2. The summed E-state index contributed by atoms with van der Waals surface area (Å²) in [6.07, 6.45) is 8.01. The number of phenolic OH excluding ortho intramolecular Hbond substituents is 2. The van der Waals surface area contributed by atoms with Crippen molar-refractivity contribution in [2.24, 2.45) is 16.1 Å². The predicted octanol–water partition coefficient (Wildman–Crippen LogP) is 5.21. The number of hydrogen-bond donors (Lipinski definition) is 3. The summed E-state index contributed by atoms with van der Waals surface area (Å²) in [5, 5.41) is 44.6. The summed E-state index contributed by atoms with van der Waals surface area (Å²) in [7, 11) is 0. The lowest BCUT2D eigenvalue weighted by atomic mass is 9.53. The number of likely N-dealkylation sites (tertiary alicyclic amines) is 2. The fourth-order valence-corrected chi connectivity index (χ4v) is 10.9. The molecule has 2 spiro atoms. The second-order valence-corrected chi connectivity index (χ2v) is 15.1. The predicted molar refractivity (Wildman–Crippen MR) is 191 cm³/mol. The van der Waals surface area contributed by atoms with Crippen LogP contribution in [-0.2, 0) is 23.7 Å². The van der Waals surface area contributed by atoms with Gasteiger partial charge in [0.2, 0.25) is 0 Å². The third kappa shape index (κ3) is 4.09.